The molecular weight excluding hydrogens is 628 g/mol. The molecule has 1 aliphatic rings. The van der Waals surface area contributed by atoms with Gasteiger partial charge >= 0.3 is 5.97 Å². The second-order valence-electron chi connectivity index (χ2n) is 10.3. The summed E-state index contributed by atoms with van der Waals surface area (Å²) in [5.74, 6) is 0.197. The summed E-state index contributed by atoms with van der Waals surface area (Å²) < 4.78 is 45.6. The molecule has 1 aromatic heterocycles. The first kappa shape index (κ1) is 32.7. The number of furan rings is 1. The van der Waals surface area contributed by atoms with E-state index in [9.17, 15) is 18.0 Å². The van der Waals surface area contributed by atoms with E-state index in [0.29, 0.717) is 34.5 Å². The zero-order valence-corrected chi connectivity index (χ0v) is 27.2. The third kappa shape index (κ3) is 7.09. The number of carbonyl (C=O) groups excluding carboxylic acids is 2. The smallest absolute Gasteiger partial charge is 0.340 e. The minimum Gasteiger partial charge on any atom is -0.494 e. The summed E-state index contributed by atoms with van der Waals surface area (Å²) in [6.45, 7) is 5.86. The summed E-state index contributed by atoms with van der Waals surface area (Å²) in [6, 6.07) is 25.3. The van der Waals surface area contributed by atoms with Crippen LogP contribution in [0.3, 0.4) is 0 Å². The number of allylic oxidation sites excluding steroid dienone is 1. The van der Waals surface area contributed by atoms with E-state index in [1.165, 1.54) is 27.4 Å². The highest BCUT2D eigenvalue weighted by Crippen LogP contribution is 2.36. The maximum Gasteiger partial charge on any atom is 0.340 e. The van der Waals surface area contributed by atoms with Crippen LogP contribution in [0.5, 0.6) is 5.75 Å². The molecular formula is C35H33ClN2O7S. The van der Waals surface area contributed by atoms with Gasteiger partial charge in [-0.3, -0.25) is 9.69 Å². The highest BCUT2D eigenvalue weighted by atomic mass is 35.5. The number of amides is 1. The zero-order chi connectivity index (χ0) is 32.8. The van der Waals surface area contributed by atoms with E-state index in [4.69, 9.17) is 25.5 Å². The van der Waals surface area contributed by atoms with Crippen molar-refractivity contribution < 1.29 is 31.9 Å². The van der Waals surface area contributed by atoms with Crippen LogP contribution in [0.1, 0.15) is 37.9 Å². The summed E-state index contributed by atoms with van der Waals surface area (Å²) in [5, 5.41) is 0.541. The Morgan fingerprint density at radius 2 is 1.61 bits per heavy atom. The maximum atomic E-state index is 13.8. The molecule has 46 heavy (non-hydrogen) atoms. The van der Waals surface area contributed by atoms with Crippen molar-refractivity contribution in [3.8, 4) is 5.75 Å². The van der Waals surface area contributed by atoms with Gasteiger partial charge in [-0.1, -0.05) is 41.9 Å². The fraction of sp³-hybridized carbons (Fsp3) is 0.200. The second-order valence-corrected chi connectivity index (χ2v) is 12.7. The fourth-order valence-electron chi connectivity index (χ4n) is 5.08. The number of esters is 1. The summed E-state index contributed by atoms with van der Waals surface area (Å²) in [4.78, 5) is 28.4. The quantitative estimate of drug-likeness (QED) is 0.119. The molecule has 0 radical (unpaired) electrons. The van der Waals surface area contributed by atoms with Gasteiger partial charge < -0.3 is 13.9 Å². The van der Waals surface area contributed by atoms with Gasteiger partial charge in [0.15, 0.2) is 0 Å². The lowest BCUT2D eigenvalue weighted by Crippen LogP contribution is -2.30. The molecule has 2 heterocycles. The number of ether oxygens (including phenoxy) is 2. The molecule has 0 saturated carbocycles. The molecule has 1 aliphatic heterocycles. The Hall–Kier alpha value is -4.64. The molecule has 0 bridgehead atoms. The minimum absolute atomic E-state index is 0.0655. The highest BCUT2D eigenvalue weighted by molar-refractivity contribution is 7.89. The predicted molar refractivity (Wildman–Crippen MR) is 175 cm³/mol. The number of halogens is 1. The van der Waals surface area contributed by atoms with Crippen LogP contribution in [0.4, 0.5) is 5.69 Å². The average Bonchev–Trinajstić information content (AvgIpc) is 3.59. The number of benzene rings is 3. The molecule has 0 spiro atoms. The van der Waals surface area contributed by atoms with Crippen molar-refractivity contribution in [2.45, 2.75) is 38.8 Å². The second kappa shape index (κ2) is 14.2. The third-order valence-corrected chi connectivity index (χ3v) is 9.30. The van der Waals surface area contributed by atoms with Crippen LogP contribution in [-0.4, -0.2) is 37.8 Å². The van der Waals surface area contributed by atoms with E-state index in [1.807, 2.05) is 6.92 Å². The molecule has 0 unspecified atom stereocenters. The van der Waals surface area contributed by atoms with Gasteiger partial charge in [0.25, 0.3) is 5.91 Å². The van der Waals surface area contributed by atoms with Crippen LogP contribution in [0.25, 0.3) is 6.08 Å². The molecule has 9 nitrogen and oxygen atoms in total. The third-order valence-electron chi connectivity index (χ3n) is 7.24. The zero-order valence-electron chi connectivity index (χ0n) is 25.6. The lowest BCUT2D eigenvalue weighted by Gasteiger charge is -2.21. The number of carbonyl (C=O) groups is 2. The number of anilines is 1. The Kier molecular flexibility index (Phi) is 10.1. The number of hydrogen-bond donors (Lipinski definition) is 0. The molecule has 4 aromatic rings. The van der Waals surface area contributed by atoms with Crippen LogP contribution < -0.4 is 9.64 Å². The molecule has 5 rings (SSSR count). The van der Waals surface area contributed by atoms with Crippen molar-refractivity contribution >= 4 is 45.3 Å². The first-order valence-electron chi connectivity index (χ1n) is 14.7. The number of rotatable bonds is 12. The molecule has 0 N–H and O–H groups in total. The van der Waals surface area contributed by atoms with Crippen molar-refractivity contribution in [3.05, 3.63) is 130 Å². The molecule has 11 heteroatoms. The van der Waals surface area contributed by atoms with Crippen molar-refractivity contribution in [2.75, 3.05) is 18.1 Å². The monoisotopic (exact) mass is 660 g/mol. The normalized spacial score (nSPS) is 14.4. The van der Waals surface area contributed by atoms with Gasteiger partial charge in [0.2, 0.25) is 10.0 Å². The highest BCUT2D eigenvalue weighted by Gasteiger charge is 2.38. The molecule has 238 valence electrons. The standard InChI is InChI=1S/C35H33ClN2O7S/c1-4-43-28-17-15-27(16-18-28)38-24(3)33(35(40)44-5-2)32(34(38)39)21-29-19-20-30(45-29)23-37(22-25-11-13-26(36)14-12-25)46(41,42)31-9-7-6-8-10-31/h6-21H,4-5,22-23H2,1-3H3/b32-21+. The first-order chi connectivity index (χ1) is 22.1. The van der Waals surface area contributed by atoms with Crippen molar-refractivity contribution in [3.63, 3.8) is 0 Å². The van der Waals surface area contributed by atoms with Gasteiger partial charge in [0.05, 0.1) is 35.8 Å². The average molecular weight is 661 g/mol. The molecule has 0 aliphatic carbocycles. The molecule has 1 amide bonds. The van der Waals surface area contributed by atoms with Crippen LogP contribution in [-0.2, 0) is 37.4 Å². The molecule has 0 fully saturated rings. The van der Waals surface area contributed by atoms with Gasteiger partial charge in [-0.25, -0.2) is 13.2 Å². The van der Waals surface area contributed by atoms with E-state index < -0.39 is 21.9 Å². The van der Waals surface area contributed by atoms with E-state index >= 15 is 0 Å². The lowest BCUT2D eigenvalue weighted by molar-refractivity contribution is -0.138. The van der Waals surface area contributed by atoms with Crippen molar-refractivity contribution in [2.24, 2.45) is 0 Å². The predicted octanol–water partition coefficient (Wildman–Crippen LogP) is 6.99. The van der Waals surface area contributed by atoms with E-state index in [0.717, 1.165) is 5.56 Å². The Bertz CT molecular complexity index is 1880. The summed E-state index contributed by atoms with van der Waals surface area (Å²) >= 11 is 6.05. The number of sulfonamides is 1. The number of nitrogens with zero attached hydrogens (tertiary/aromatic N) is 2. The van der Waals surface area contributed by atoms with Crippen LogP contribution >= 0.6 is 11.6 Å². The lowest BCUT2D eigenvalue weighted by atomic mass is 10.1. The summed E-state index contributed by atoms with van der Waals surface area (Å²) in [7, 11) is -3.92. The largest absolute Gasteiger partial charge is 0.494 e. The Morgan fingerprint density at radius 1 is 0.913 bits per heavy atom. The molecule has 0 atom stereocenters. The molecule has 3 aromatic carbocycles. The fourth-order valence-corrected chi connectivity index (χ4v) is 6.63. The summed E-state index contributed by atoms with van der Waals surface area (Å²) in [6.07, 6.45) is 1.48. The van der Waals surface area contributed by atoms with Crippen LogP contribution in [0.15, 0.2) is 117 Å². The van der Waals surface area contributed by atoms with Crippen molar-refractivity contribution in [1.29, 1.82) is 0 Å². The van der Waals surface area contributed by atoms with Crippen LogP contribution in [0, 0.1) is 0 Å². The minimum atomic E-state index is -3.92. The summed E-state index contributed by atoms with van der Waals surface area (Å²) in [5.41, 5.74) is 1.92. The van der Waals surface area contributed by atoms with Gasteiger partial charge in [0.1, 0.15) is 17.3 Å². The van der Waals surface area contributed by atoms with Gasteiger partial charge in [0, 0.05) is 23.0 Å². The van der Waals surface area contributed by atoms with Crippen molar-refractivity contribution in [1.82, 2.24) is 4.31 Å². The van der Waals surface area contributed by atoms with E-state index in [1.54, 1.807) is 92.7 Å². The van der Waals surface area contributed by atoms with Gasteiger partial charge in [-0.15, -0.1) is 0 Å². The first-order valence-corrected chi connectivity index (χ1v) is 16.5. The Labute approximate surface area is 273 Å². The van der Waals surface area contributed by atoms with Crippen LogP contribution in [0.2, 0.25) is 5.02 Å². The maximum absolute atomic E-state index is 13.8. The van der Waals surface area contributed by atoms with E-state index in [-0.39, 0.29) is 41.5 Å². The van der Waals surface area contributed by atoms with E-state index in [2.05, 4.69) is 0 Å². The molecule has 0 saturated heterocycles. The topological polar surface area (TPSA) is 106 Å². The van der Waals surface area contributed by atoms with Gasteiger partial charge in [-0.2, -0.15) is 4.31 Å². The SMILES string of the molecule is CCOC(=O)C1=C(C)N(c2ccc(OCC)cc2)C(=O)/C1=C/c1ccc(CN(Cc2ccc(Cl)cc2)S(=O)(=O)c2ccccc2)o1. The van der Waals surface area contributed by atoms with Gasteiger partial charge in [-0.05, 0) is 93.1 Å². The Morgan fingerprint density at radius 3 is 2.26 bits per heavy atom. The Balaban J connectivity index is 1.47. The number of hydrogen-bond acceptors (Lipinski definition) is 7.